The average Bonchev–Trinajstić information content (AvgIpc) is 2.46. The van der Waals surface area contributed by atoms with Crippen molar-refractivity contribution in [2.45, 2.75) is 48.0 Å². The molecule has 0 spiro atoms. The lowest BCUT2D eigenvalue weighted by Crippen LogP contribution is -2.20. The smallest absolute Gasteiger partial charge is 0.284 e. The number of carbonyl (C=O) groups is 1. The second kappa shape index (κ2) is 4.00. The van der Waals surface area contributed by atoms with Gasteiger partial charge in [-0.25, -0.2) is 0 Å². The number of ketones is 1. The standard InChI is InChI=1S/C12H20N2O2/c1-11(2,3)7-8-13-14-10(16-8)9(15)12(4,5)6/h7H2,1-6H3. The number of hydrogen-bond donors (Lipinski definition) is 0. The summed E-state index contributed by atoms with van der Waals surface area (Å²) in [5.41, 5.74) is -0.403. The van der Waals surface area contributed by atoms with Crippen molar-refractivity contribution in [3.05, 3.63) is 11.8 Å². The van der Waals surface area contributed by atoms with Crippen LogP contribution in [0.25, 0.3) is 0 Å². The minimum Gasteiger partial charge on any atom is -0.418 e. The quantitative estimate of drug-likeness (QED) is 0.725. The van der Waals surface area contributed by atoms with Crippen molar-refractivity contribution in [2.75, 3.05) is 0 Å². The Morgan fingerprint density at radius 2 is 1.69 bits per heavy atom. The predicted octanol–water partition coefficient (Wildman–Crippen LogP) is 2.89. The lowest BCUT2D eigenvalue weighted by atomic mass is 9.91. The second-order valence-corrected chi connectivity index (χ2v) is 6.32. The summed E-state index contributed by atoms with van der Waals surface area (Å²) < 4.78 is 5.38. The highest BCUT2D eigenvalue weighted by atomic mass is 16.4. The molecule has 1 aromatic rings. The maximum Gasteiger partial charge on any atom is 0.284 e. The first-order valence-electron chi connectivity index (χ1n) is 5.47. The monoisotopic (exact) mass is 224 g/mol. The number of hydrogen-bond acceptors (Lipinski definition) is 4. The first-order chi connectivity index (χ1) is 7.09. The molecule has 1 rings (SSSR count). The molecule has 0 saturated heterocycles. The van der Waals surface area contributed by atoms with E-state index < -0.39 is 5.41 Å². The molecule has 4 heteroatoms. The molecule has 0 amide bonds. The minimum atomic E-state index is -0.481. The van der Waals surface area contributed by atoms with Crippen molar-refractivity contribution in [3.8, 4) is 0 Å². The van der Waals surface area contributed by atoms with Crippen LogP contribution < -0.4 is 0 Å². The molecule has 0 bridgehead atoms. The third-order valence-corrected chi connectivity index (χ3v) is 2.02. The molecular formula is C12H20N2O2. The summed E-state index contributed by atoms with van der Waals surface area (Å²) >= 11 is 0. The Balaban J connectivity index is 2.84. The van der Waals surface area contributed by atoms with Crippen LogP contribution in [0.3, 0.4) is 0 Å². The van der Waals surface area contributed by atoms with Crippen molar-refractivity contribution in [2.24, 2.45) is 10.8 Å². The van der Waals surface area contributed by atoms with Gasteiger partial charge in [-0.15, -0.1) is 10.2 Å². The highest BCUT2D eigenvalue weighted by Gasteiger charge is 2.28. The van der Waals surface area contributed by atoms with E-state index in [0.29, 0.717) is 12.3 Å². The summed E-state index contributed by atoms with van der Waals surface area (Å²) in [6.45, 7) is 11.8. The lowest BCUT2D eigenvalue weighted by molar-refractivity contribution is 0.0818. The van der Waals surface area contributed by atoms with Crippen LogP contribution in [0.15, 0.2) is 4.42 Å². The Morgan fingerprint density at radius 3 is 2.12 bits per heavy atom. The van der Waals surface area contributed by atoms with Crippen LogP contribution in [-0.4, -0.2) is 16.0 Å². The zero-order valence-electron chi connectivity index (χ0n) is 10.9. The predicted molar refractivity (Wildman–Crippen MR) is 61.2 cm³/mol. The fourth-order valence-corrected chi connectivity index (χ4v) is 1.19. The van der Waals surface area contributed by atoms with E-state index in [9.17, 15) is 4.79 Å². The maximum atomic E-state index is 11.8. The Bertz CT molecular complexity index is 380. The third-order valence-electron chi connectivity index (χ3n) is 2.02. The fraction of sp³-hybridized carbons (Fsp3) is 0.750. The molecule has 4 nitrogen and oxygen atoms in total. The Kier molecular flexibility index (Phi) is 3.22. The third kappa shape index (κ3) is 3.43. The molecule has 1 aromatic heterocycles. The van der Waals surface area contributed by atoms with Gasteiger partial charge in [0.05, 0.1) is 0 Å². The van der Waals surface area contributed by atoms with E-state index >= 15 is 0 Å². The van der Waals surface area contributed by atoms with Gasteiger partial charge in [-0.3, -0.25) is 4.79 Å². The van der Waals surface area contributed by atoms with Gasteiger partial charge < -0.3 is 4.42 Å². The molecule has 16 heavy (non-hydrogen) atoms. The van der Waals surface area contributed by atoms with Crippen molar-refractivity contribution in [1.82, 2.24) is 10.2 Å². The maximum absolute atomic E-state index is 11.8. The molecule has 0 unspecified atom stereocenters. The first kappa shape index (κ1) is 12.9. The number of nitrogens with zero attached hydrogens (tertiary/aromatic N) is 2. The Labute approximate surface area is 96.4 Å². The second-order valence-electron chi connectivity index (χ2n) is 6.32. The molecule has 0 aliphatic heterocycles. The molecule has 0 aliphatic rings. The SMILES string of the molecule is CC(C)(C)Cc1nnc(C(=O)C(C)(C)C)o1. The normalized spacial score (nSPS) is 12.9. The van der Waals surface area contributed by atoms with Crippen LogP contribution in [-0.2, 0) is 6.42 Å². The van der Waals surface area contributed by atoms with Crippen LogP contribution in [0.1, 0.15) is 58.1 Å². The van der Waals surface area contributed by atoms with E-state index in [4.69, 9.17) is 4.42 Å². The summed E-state index contributed by atoms with van der Waals surface area (Å²) in [4.78, 5) is 11.8. The zero-order valence-corrected chi connectivity index (χ0v) is 10.9. The van der Waals surface area contributed by atoms with E-state index in [1.165, 1.54) is 0 Å². The molecule has 0 atom stereocenters. The van der Waals surface area contributed by atoms with E-state index in [1.54, 1.807) is 0 Å². The van der Waals surface area contributed by atoms with Crippen molar-refractivity contribution in [1.29, 1.82) is 0 Å². The number of rotatable bonds is 2. The van der Waals surface area contributed by atoms with Crippen molar-refractivity contribution < 1.29 is 9.21 Å². The van der Waals surface area contributed by atoms with Crippen LogP contribution in [0, 0.1) is 10.8 Å². The topological polar surface area (TPSA) is 56.0 Å². The van der Waals surface area contributed by atoms with Crippen LogP contribution in [0.2, 0.25) is 0 Å². The summed E-state index contributed by atoms with van der Waals surface area (Å²) in [5, 5.41) is 7.70. The van der Waals surface area contributed by atoms with E-state index in [-0.39, 0.29) is 17.1 Å². The van der Waals surface area contributed by atoms with Gasteiger partial charge in [0.15, 0.2) is 0 Å². The van der Waals surface area contributed by atoms with Gasteiger partial charge in [0.2, 0.25) is 11.7 Å². The molecule has 90 valence electrons. The molecule has 0 radical (unpaired) electrons. The summed E-state index contributed by atoms with van der Waals surface area (Å²) in [6.07, 6.45) is 0.678. The van der Waals surface area contributed by atoms with Gasteiger partial charge in [-0.1, -0.05) is 41.5 Å². The molecule has 1 heterocycles. The number of Topliss-reactive ketones (excluding diaryl/α,β-unsaturated/α-hetero) is 1. The highest BCUT2D eigenvalue weighted by Crippen LogP contribution is 2.23. The summed E-state index contributed by atoms with van der Waals surface area (Å²) in [5.74, 6) is 0.534. The first-order valence-corrected chi connectivity index (χ1v) is 5.47. The molecule has 0 fully saturated rings. The summed E-state index contributed by atoms with van der Waals surface area (Å²) in [6, 6.07) is 0. The van der Waals surface area contributed by atoms with Crippen molar-refractivity contribution in [3.63, 3.8) is 0 Å². The van der Waals surface area contributed by atoms with Gasteiger partial charge in [0.1, 0.15) is 0 Å². The van der Waals surface area contributed by atoms with Crippen LogP contribution in [0.5, 0.6) is 0 Å². The van der Waals surface area contributed by atoms with E-state index in [1.807, 2.05) is 20.8 Å². The molecule has 0 N–H and O–H groups in total. The molecule has 0 aromatic carbocycles. The summed E-state index contributed by atoms with van der Waals surface area (Å²) in [7, 11) is 0. The van der Waals surface area contributed by atoms with Gasteiger partial charge in [-0.2, -0.15) is 0 Å². The zero-order chi connectivity index (χ0) is 12.6. The van der Waals surface area contributed by atoms with Gasteiger partial charge in [0.25, 0.3) is 5.89 Å². The fourth-order valence-electron chi connectivity index (χ4n) is 1.19. The van der Waals surface area contributed by atoms with Gasteiger partial charge in [0, 0.05) is 11.8 Å². The van der Waals surface area contributed by atoms with E-state index in [0.717, 1.165) is 0 Å². The number of aromatic nitrogens is 2. The van der Waals surface area contributed by atoms with Crippen LogP contribution >= 0.6 is 0 Å². The number of carbonyl (C=O) groups excluding carboxylic acids is 1. The Hall–Kier alpha value is -1.19. The molecule has 0 saturated carbocycles. The Morgan fingerprint density at radius 1 is 1.12 bits per heavy atom. The average molecular weight is 224 g/mol. The van der Waals surface area contributed by atoms with Gasteiger partial charge in [-0.05, 0) is 5.41 Å². The molecule has 0 aliphatic carbocycles. The van der Waals surface area contributed by atoms with Gasteiger partial charge >= 0.3 is 0 Å². The molecular weight excluding hydrogens is 204 g/mol. The minimum absolute atomic E-state index is 0.0780. The lowest BCUT2D eigenvalue weighted by Gasteiger charge is -2.14. The largest absolute Gasteiger partial charge is 0.418 e. The van der Waals surface area contributed by atoms with Crippen molar-refractivity contribution >= 4 is 5.78 Å². The van der Waals surface area contributed by atoms with Crippen LogP contribution in [0.4, 0.5) is 0 Å². The van der Waals surface area contributed by atoms with E-state index in [2.05, 4.69) is 31.0 Å². The highest BCUT2D eigenvalue weighted by molar-refractivity contribution is 5.95.